The van der Waals surface area contributed by atoms with Gasteiger partial charge in [0.15, 0.2) is 0 Å². The minimum Gasteiger partial charge on any atom is -0.488 e. The van der Waals surface area contributed by atoms with Gasteiger partial charge in [0.1, 0.15) is 16.7 Å². The lowest BCUT2D eigenvalue weighted by Gasteiger charge is -2.12. The van der Waals surface area contributed by atoms with Crippen LogP contribution in [0.25, 0.3) is 6.08 Å². The number of aliphatic carboxylic acids is 1. The van der Waals surface area contributed by atoms with Crippen molar-refractivity contribution in [3.05, 3.63) is 70.6 Å². The number of ether oxygens (including phenoxy) is 1. The van der Waals surface area contributed by atoms with E-state index in [9.17, 15) is 9.59 Å². The Labute approximate surface area is 166 Å². The zero-order valence-electron chi connectivity index (χ0n) is 14.3. The third-order valence-electron chi connectivity index (χ3n) is 3.87. The molecule has 27 heavy (non-hydrogen) atoms. The van der Waals surface area contributed by atoms with Crippen molar-refractivity contribution in [2.75, 3.05) is 6.54 Å². The van der Waals surface area contributed by atoms with Crippen LogP contribution in [0.5, 0.6) is 5.75 Å². The molecule has 0 aliphatic carbocycles. The topological polar surface area (TPSA) is 66.8 Å². The molecule has 3 rings (SSSR count). The van der Waals surface area contributed by atoms with Crippen molar-refractivity contribution < 1.29 is 19.4 Å². The molecule has 1 saturated heterocycles. The van der Waals surface area contributed by atoms with E-state index in [0.29, 0.717) is 21.6 Å². The number of rotatable bonds is 7. The molecule has 1 aliphatic rings. The number of nitrogens with zero attached hydrogens (tertiary/aromatic N) is 1. The molecule has 0 aromatic heterocycles. The Morgan fingerprint density at radius 2 is 1.85 bits per heavy atom. The van der Waals surface area contributed by atoms with E-state index < -0.39 is 5.97 Å². The summed E-state index contributed by atoms with van der Waals surface area (Å²) in [4.78, 5) is 25.1. The third-order valence-corrected chi connectivity index (χ3v) is 5.24. The van der Waals surface area contributed by atoms with E-state index in [1.54, 1.807) is 6.08 Å². The third kappa shape index (κ3) is 4.96. The average Bonchev–Trinajstić information content (AvgIpc) is 2.93. The number of hydrogen-bond donors (Lipinski definition) is 1. The molecule has 138 valence electrons. The number of hydrogen-bond acceptors (Lipinski definition) is 5. The predicted molar refractivity (Wildman–Crippen MR) is 109 cm³/mol. The number of thiocarbonyl (C=S) groups is 1. The fraction of sp³-hybridized carbons (Fsp3) is 0.150. The summed E-state index contributed by atoms with van der Waals surface area (Å²) in [6, 6.07) is 17.3. The van der Waals surface area contributed by atoms with Gasteiger partial charge in [-0.2, -0.15) is 0 Å². The maximum absolute atomic E-state index is 12.5. The number of carboxylic acid groups (broad SMARTS) is 1. The largest absolute Gasteiger partial charge is 0.488 e. The Morgan fingerprint density at radius 3 is 2.59 bits per heavy atom. The van der Waals surface area contributed by atoms with Crippen LogP contribution < -0.4 is 4.74 Å². The van der Waals surface area contributed by atoms with Crippen LogP contribution in [-0.4, -0.2) is 32.7 Å². The molecule has 2 aromatic carbocycles. The first kappa shape index (κ1) is 19.1. The van der Waals surface area contributed by atoms with E-state index in [1.165, 1.54) is 16.7 Å². The lowest BCUT2D eigenvalue weighted by Crippen LogP contribution is -2.30. The van der Waals surface area contributed by atoms with E-state index in [0.717, 1.165) is 11.1 Å². The highest BCUT2D eigenvalue weighted by Crippen LogP contribution is 2.34. The molecule has 1 N–H and O–H groups in total. The molecule has 2 aromatic rings. The molecule has 0 unspecified atom stereocenters. The van der Waals surface area contributed by atoms with E-state index in [2.05, 4.69) is 0 Å². The van der Waals surface area contributed by atoms with Crippen molar-refractivity contribution in [3.63, 3.8) is 0 Å². The van der Waals surface area contributed by atoms with Crippen molar-refractivity contribution in [1.82, 2.24) is 4.90 Å². The van der Waals surface area contributed by atoms with Gasteiger partial charge in [0.05, 0.1) is 11.3 Å². The highest BCUT2D eigenvalue weighted by Gasteiger charge is 2.32. The van der Waals surface area contributed by atoms with Crippen LogP contribution in [-0.2, 0) is 16.2 Å². The van der Waals surface area contributed by atoms with Crippen LogP contribution in [0.15, 0.2) is 59.5 Å². The summed E-state index contributed by atoms with van der Waals surface area (Å²) in [5.74, 6) is -0.575. The second kappa shape index (κ2) is 8.83. The summed E-state index contributed by atoms with van der Waals surface area (Å²) in [7, 11) is 0. The lowest BCUT2D eigenvalue weighted by molar-refractivity contribution is -0.137. The van der Waals surface area contributed by atoms with Gasteiger partial charge in [-0.05, 0) is 17.7 Å². The smallest absolute Gasteiger partial charge is 0.305 e. The number of carbonyl (C=O) groups excluding carboxylic acids is 1. The molecule has 1 aliphatic heterocycles. The number of benzene rings is 2. The van der Waals surface area contributed by atoms with E-state index >= 15 is 0 Å². The van der Waals surface area contributed by atoms with Gasteiger partial charge in [-0.25, -0.2) is 0 Å². The molecule has 0 saturated carbocycles. The molecular weight excluding hydrogens is 382 g/mol. The maximum atomic E-state index is 12.5. The zero-order valence-corrected chi connectivity index (χ0v) is 16.0. The summed E-state index contributed by atoms with van der Waals surface area (Å²) < 4.78 is 6.28. The minimum absolute atomic E-state index is 0.0729. The van der Waals surface area contributed by atoms with Crippen molar-refractivity contribution >= 4 is 46.3 Å². The number of para-hydroxylation sites is 1. The Kier molecular flexibility index (Phi) is 6.26. The Bertz CT molecular complexity index is 896. The first-order chi connectivity index (χ1) is 13.0. The van der Waals surface area contributed by atoms with E-state index in [1.807, 2.05) is 54.6 Å². The SMILES string of the molecule is O=C(O)CCN1C(=O)/C(=C/c2ccccc2OCc2ccccc2)SC1=S. The Hall–Kier alpha value is -2.64. The zero-order chi connectivity index (χ0) is 19.2. The maximum Gasteiger partial charge on any atom is 0.305 e. The standard InChI is InChI=1S/C20H17NO4S2/c22-18(23)10-11-21-19(24)17(27-20(21)26)12-15-8-4-5-9-16(15)25-13-14-6-2-1-3-7-14/h1-9,12H,10-11,13H2,(H,22,23)/b17-12-. The molecule has 1 amide bonds. The molecular formula is C20H17NO4S2. The van der Waals surface area contributed by atoms with Gasteiger partial charge in [-0.15, -0.1) is 0 Å². The quantitative estimate of drug-likeness (QED) is 0.562. The normalized spacial score (nSPS) is 15.4. The van der Waals surface area contributed by atoms with Gasteiger partial charge in [-0.1, -0.05) is 72.5 Å². The molecule has 1 fully saturated rings. The highest BCUT2D eigenvalue weighted by molar-refractivity contribution is 8.26. The van der Waals surface area contributed by atoms with Gasteiger partial charge in [0.2, 0.25) is 0 Å². The van der Waals surface area contributed by atoms with E-state index in [4.69, 9.17) is 22.1 Å². The second-order valence-corrected chi connectivity index (χ2v) is 7.46. The predicted octanol–water partition coefficient (Wildman–Crippen LogP) is 3.94. The molecule has 0 radical (unpaired) electrons. The summed E-state index contributed by atoms with van der Waals surface area (Å²) in [6.07, 6.45) is 1.59. The first-order valence-corrected chi connectivity index (χ1v) is 9.50. The molecule has 0 spiro atoms. The summed E-state index contributed by atoms with van der Waals surface area (Å²) in [6.45, 7) is 0.495. The second-order valence-electron chi connectivity index (χ2n) is 5.79. The van der Waals surface area contributed by atoms with Crippen molar-refractivity contribution in [2.24, 2.45) is 0 Å². The monoisotopic (exact) mass is 399 g/mol. The van der Waals surface area contributed by atoms with Gasteiger partial charge in [0, 0.05) is 12.1 Å². The van der Waals surface area contributed by atoms with Crippen LogP contribution in [0.1, 0.15) is 17.5 Å². The van der Waals surface area contributed by atoms with Gasteiger partial charge < -0.3 is 9.84 Å². The molecule has 0 atom stereocenters. The van der Waals surface area contributed by atoms with Crippen LogP contribution in [0, 0.1) is 0 Å². The molecule has 7 heteroatoms. The van der Waals surface area contributed by atoms with Gasteiger partial charge in [0.25, 0.3) is 5.91 Å². The number of carboxylic acids is 1. The van der Waals surface area contributed by atoms with Crippen LogP contribution >= 0.6 is 24.0 Å². The number of carbonyl (C=O) groups is 2. The fourth-order valence-corrected chi connectivity index (χ4v) is 3.81. The average molecular weight is 399 g/mol. The van der Waals surface area contributed by atoms with Crippen LogP contribution in [0.2, 0.25) is 0 Å². The van der Waals surface area contributed by atoms with Gasteiger partial charge >= 0.3 is 5.97 Å². The summed E-state index contributed by atoms with van der Waals surface area (Å²) in [5, 5.41) is 8.82. The van der Waals surface area contributed by atoms with Gasteiger partial charge in [-0.3, -0.25) is 14.5 Å². The Morgan fingerprint density at radius 1 is 1.15 bits per heavy atom. The first-order valence-electron chi connectivity index (χ1n) is 8.27. The molecule has 1 heterocycles. The van der Waals surface area contributed by atoms with E-state index in [-0.39, 0.29) is 18.9 Å². The van der Waals surface area contributed by atoms with Crippen LogP contribution in [0.3, 0.4) is 0 Å². The van der Waals surface area contributed by atoms with Crippen molar-refractivity contribution in [1.29, 1.82) is 0 Å². The summed E-state index contributed by atoms with van der Waals surface area (Å²) >= 11 is 6.39. The lowest BCUT2D eigenvalue weighted by atomic mass is 10.1. The molecule has 0 bridgehead atoms. The summed E-state index contributed by atoms with van der Waals surface area (Å²) in [5.41, 5.74) is 1.82. The molecule has 5 nitrogen and oxygen atoms in total. The number of thioether (sulfide) groups is 1. The fourth-order valence-electron chi connectivity index (χ4n) is 2.51. The Balaban J connectivity index is 1.76. The van der Waals surface area contributed by atoms with Crippen molar-refractivity contribution in [3.8, 4) is 5.75 Å². The van der Waals surface area contributed by atoms with Crippen LogP contribution in [0.4, 0.5) is 0 Å². The highest BCUT2D eigenvalue weighted by atomic mass is 32.2. The van der Waals surface area contributed by atoms with Crippen molar-refractivity contribution in [2.45, 2.75) is 13.0 Å². The minimum atomic E-state index is -0.965. The number of amides is 1.